The predicted molar refractivity (Wildman–Crippen MR) is 58.9 cm³/mol. The van der Waals surface area contributed by atoms with Gasteiger partial charge in [-0.1, -0.05) is 30.3 Å². The van der Waals surface area contributed by atoms with E-state index in [2.05, 4.69) is 12.1 Å². The van der Waals surface area contributed by atoms with Crippen LogP contribution in [0.25, 0.3) is 0 Å². The van der Waals surface area contributed by atoms with E-state index < -0.39 is 0 Å². The smallest absolute Gasteiger partial charge is 0.401 e. The van der Waals surface area contributed by atoms with Crippen molar-refractivity contribution in [2.45, 2.75) is 12.2 Å². The summed E-state index contributed by atoms with van der Waals surface area (Å²) in [6.45, 7) is 0. The number of hydrogen-bond acceptors (Lipinski definition) is 3. The molecule has 0 radical (unpaired) electrons. The topological polar surface area (TPSA) is 18.5 Å². The third-order valence-corrected chi connectivity index (χ3v) is 3.78. The summed E-state index contributed by atoms with van der Waals surface area (Å²) in [5, 5.41) is 0. The predicted octanol–water partition coefficient (Wildman–Crippen LogP) is 0.913. The summed E-state index contributed by atoms with van der Waals surface area (Å²) in [5.41, 5.74) is 1.13. The van der Waals surface area contributed by atoms with Gasteiger partial charge in [0.1, 0.15) is 0 Å². The van der Waals surface area contributed by atoms with Gasteiger partial charge in [-0.05, 0) is 5.46 Å². The van der Waals surface area contributed by atoms with Crippen molar-refractivity contribution >= 4 is 24.3 Å². The fraction of sp³-hybridized carbons (Fsp3) is 0.400. The molecule has 0 aliphatic carbocycles. The van der Waals surface area contributed by atoms with Gasteiger partial charge in [-0.15, -0.1) is 0 Å². The SMILES string of the molecule is c1ccc(B2O[C@H]3CSC[C@H]3O2)cc1. The van der Waals surface area contributed by atoms with Crippen molar-refractivity contribution in [1.82, 2.24) is 0 Å². The van der Waals surface area contributed by atoms with E-state index in [1.807, 2.05) is 30.0 Å². The second-order valence-corrected chi connectivity index (χ2v) is 4.70. The minimum absolute atomic E-state index is 0.132. The molecule has 4 heteroatoms. The first-order valence-corrected chi connectivity index (χ1v) is 6.02. The van der Waals surface area contributed by atoms with Gasteiger partial charge in [0.2, 0.25) is 0 Å². The maximum absolute atomic E-state index is 5.83. The van der Waals surface area contributed by atoms with Gasteiger partial charge in [0, 0.05) is 11.5 Å². The summed E-state index contributed by atoms with van der Waals surface area (Å²) in [5.74, 6) is 2.15. The van der Waals surface area contributed by atoms with E-state index in [0.29, 0.717) is 12.2 Å². The minimum atomic E-state index is -0.132. The fourth-order valence-electron chi connectivity index (χ4n) is 1.89. The standard InChI is InChI=1S/C10H11BO2S/c1-2-4-8(5-3-1)11-12-9-6-14-7-10(9)13-11/h1-5,9-10H,6-7H2/t9-,10+. The van der Waals surface area contributed by atoms with Gasteiger partial charge >= 0.3 is 7.12 Å². The van der Waals surface area contributed by atoms with E-state index >= 15 is 0 Å². The maximum Gasteiger partial charge on any atom is 0.494 e. The van der Waals surface area contributed by atoms with E-state index in [9.17, 15) is 0 Å². The van der Waals surface area contributed by atoms with Crippen molar-refractivity contribution < 1.29 is 9.31 Å². The molecule has 2 atom stereocenters. The van der Waals surface area contributed by atoms with Gasteiger partial charge in [0.15, 0.2) is 0 Å². The van der Waals surface area contributed by atoms with Crippen LogP contribution in [0.3, 0.4) is 0 Å². The normalized spacial score (nSPS) is 30.7. The highest BCUT2D eigenvalue weighted by Crippen LogP contribution is 2.29. The quantitative estimate of drug-likeness (QED) is 0.636. The zero-order chi connectivity index (χ0) is 9.38. The average Bonchev–Trinajstić information content (AvgIpc) is 2.78. The number of benzene rings is 1. The van der Waals surface area contributed by atoms with Crippen molar-refractivity contribution in [3.63, 3.8) is 0 Å². The molecule has 0 unspecified atom stereocenters. The molecule has 2 aliphatic rings. The molecule has 2 saturated heterocycles. The summed E-state index contributed by atoms with van der Waals surface area (Å²) in [6.07, 6.45) is 0.621. The van der Waals surface area contributed by atoms with Gasteiger partial charge in [0.05, 0.1) is 12.2 Å². The highest BCUT2D eigenvalue weighted by atomic mass is 32.2. The van der Waals surface area contributed by atoms with Crippen LogP contribution in [0.4, 0.5) is 0 Å². The minimum Gasteiger partial charge on any atom is -0.401 e. The zero-order valence-corrected chi connectivity index (χ0v) is 8.57. The second-order valence-electron chi connectivity index (χ2n) is 3.63. The number of hydrogen-bond donors (Lipinski definition) is 0. The largest absolute Gasteiger partial charge is 0.494 e. The molecule has 2 fully saturated rings. The van der Waals surface area contributed by atoms with Crippen LogP contribution in [0, 0.1) is 0 Å². The molecule has 0 spiro atoms. The van der Waals surface area contributed by atoms with Crippen LogP contribution in [-0.2, 0) is 9.31 Å². The van der Waals surface area contributed by atoms with Crippen LogP contribution in [0.2, 0.25) is 0 Å². The Bertz CT molecular complexity index is 307. The first kappa shape index (κ1) is 8.83. The Kier molecular flexibility index (Phi) is 2.28. The lowest BCUT2D eigenvalue weighted by atomic mass is 9.79. The third-order valence-electron chi connectivity index (χ3n) is 2.65. The Morgan fingerprint density at radius 1 is 1.07 bits per heavy atom. The summed E-state index contributed by atoms with van der Waals surface area (Å²) in [4.78, 5) is 0. The van der Waals surface area contributed by atoms with Crippen molar-refractivity contribution in [1.29, 1.82) is 0 Å². The highest BCUT2D eigenvalue weighted by Gasteiger charge is 2.43. The van der Waals surface area contributed by atoms with Crippen LogP contribution >= 0.6 is 11.8 Å². The number of thioether (sulfide) groups is 1. The fourth-order valence-corrected chi connectivity index (χ4v) is 3.07. The molecule has 3 rings (SSSR count). The van der Waals surface area contributed by atoms with E-state index in [1.165, 1.54) is 0 Å². The Hall–Kier alpha value is -0.445. The zero-order valence-electron chi connectivity index (χ0n) is 7.76. The third kappa shape index (κ3) is 1.47. The summed E-state index contributed by atoms with van der Waals surface area (Å²) < 4.78 is 11.7. The van der Waals surface area contributed by atoms with E-state index in [-0.39, 0.29) is 7.12 Å². The van der Waals surface area contributed by atoms with E-state index in [0.717, 1.165) is 17.0 Å². The molecule has 0 saturated carbocycles. The van der Waals surface area contributed by atoms with Crippen molar-refractivity contribution in [2.75, 3.05) is 11.5 Å². The Labute approximate surface area is 88.1 Å². The molecule has 0 aromatic heterocycles. The van der Waals surface area contributed by atoms with Crippen LogP contribution in [0.1, 0.15) is 0 Å². The molecule has 0 N–H and O–H groups in total. The van der Waals surface area contributed by atoms with E-state index in [1.54, 1.807) is 0 Å². The molecule has 2 heterocycles. The number of fused-ring (bicyclic) bond motifs is 1. The molecule has 2 aliphatic heterocycles. The van der Waals surface area contributed by atoms with Gasteiger partial charge in [0.25, 0.3) is 0 Å². The van der Waals surface area contributed by atoms with Crippen LogP contribution in [-0.4, -0.2) is 30.8 Å². The molecular formula is C10H11BO2S. The first-order valence-electron chi connectivity index (χ1n) is 4.87. The Balaban J connectivity index is 1.77. The van der Waals surface area contributed by atoms with Crippen molar-refractivity contribution in [3.05, 3.63) is 30.3 Å². The Morgan fingerprint density at radius 3 is 2.36 bits per heavy atom. The van der Waals surface area contributed by atoms with Gasteiger partial charge in [-0.3, -0.25) is 0 Å². The van der Waals surface area contributed by atoms with Gasteiger partial charge < -0.3 is 9.31 Å². The lowest BCUT2D eigenvalue weighted by molar-refractivity contribution is 0.205. The van der Waals surface area contributed by atoms with Crippen LogP contribution < -0.4 is 5.46 Å². The van der Waals surface area contributed by atoms with Crippen LogP contribution in [0.15, 0.2) is 30.3 Å². The molecular weight excluding hydrogens is 195 g/mol. The second kappa shape index (κ2) is 3.61. The summed E-state index contributed by atoms with van der Waals surface area (Å²) in [7, 11) is -0.132. The van der Waals surface area contributed by atoms with Crippen molar-refractivity contribution in [3.8, 4) is 0 Å². The monoisotopic (exact) mass is 206 g/mol. The molecule has 2 nitrogen and oxygen atoms in total. The molecule has 0 bridgehead atoms. The van der Waals surface area contributed by atoms with Crippen LogP contribution in [0.5, 0.6) is 0 Å². The lowest BCUT2D eigenvalue weighted by Gasteiger charge is -2.06. The Morgan fingerprint density at radius 2 is 1.71 bits per heavy atom. The highest BCUT2D eigenvalue weighted by molar-refractivity contribution is 7.99. The summed E-state index contributed by atoms with van der Waals surface area (Å²) >= 11 is 1.91. The number of rotatable bonds is 1. The lowest BCUT2D eigenvalue weighted by Crippen LogP contribution is -2.33. The summed E-state index contributed by atoms with van der Waals surface area (Å²) in [6, 6.07) is 10.2. The van der Waals surface area contributed by atoms with Gasteiger partial charge in [-0.25, -0.2) is 0 Å². The van der Waals surface area contributed by atoms with Gasteiger partial charge in [-0.2, -0.15) is 11.8 Å². The van der Waals surface area contributed by atoms with Crippen molar-refractivity contribution in [2.24, 2.45) is 0 Å². The first-order chi connectivity index (χ1) is 6.93. The molecule has 0 amide bonds. The molecule has 14 heavy (non-hydrogen) atoms. The van der Waals surface area contributed by atoms with E-state index in [4.69, 9.17) is 9.31 Å². The molecule has 1 aromatic carbocycles. The molecule has 72 valence electrons. The maximum atomic E-state index is 5.83. The average molecular weight is 206 g/mol. The molecule has 1 aromatic rings.